The van der Waals surface area contributed by atoms with E-state index in [4.69, 9.17) is 5.26 Å². The minimum absolute atomic E-state index is 0.0376. The molecular weight excluding hydrogens is 328 g/mol. The lowest BCUT2D eigenvalue weighted by Gasteiger charge is -2.38. The van der Waals surface area contributed by atoms with Crippen molar-refractivity contribution in [1.82, 2.24) is 14.5 Å². The van der Waals surface area contributed by atoms with E-state index in [1.54, 1.807) is 6.20 Å². The Morgan fingerprint density at radius 2 is 2.04 bits per heavy atom. The number of nitrogens with zero attached hydrogens (tertiary/aromatic N) is 4. The Bertz CT molecular complexity index is 744. The van der Waals surface area contributed by atoms with Crippen molar-refractivity contribution in [1.29, 1.82) is 5.26 Å². The van der Waals surface area contributed by atoms with E-state index < -0.39 is 9.84 Å². The van der Waals surface area contributed by atoms with Crippen molar-refractivity contribution >= 4 is 15.7 Å². The maximum atomic E-state index is 12.9. The van der Waals surface area contributed by atoms with Crippen molar-refractivity contribution in [2.75, 3.05) is 11.5 Å². The second kappa shape index (κ2) is 6.93. The number of sulfone groups is 1. The first-order chi connectivity index (χ1) is 11.5. The lowest BCUT2D eigenvalue weighted by Crippen LogP contribution is -2.49. The number of hydrogen-bond acceptors (Lipinski definition) is 5. The highest BCUT2D eigenvalue weighted by molar-refractivity contribution is 7.91. The van der Waals surface area contributed by atoms with E-state index in [0.717, 1.165) is 25.7 Å². The van der Waals surface area contributed by atoms with E-state index in [1.807, 2.05) is 11.0 Å². The second-order valence-corrected chi connectivity index (χ2v) is 8.87. The highest BCUT2D eigenvalue weighted by Crippen LogP contribution is 2.28. The Morgan fingerprint density at radius 1 is 1.29 bits per heavy atom. The fraction of sp³-hybridized carbons (Fsp3) is 0.688. The summed E-state index contributed by atoms with van der Waals surface area (Å²) >= 11 is 0. The summed E-state index contributed by atoms with van der Waals surface area (Å²) in [7, 11) is -3.05. The molecule has 7 nitrogen and oxygen atoms in total. The zero-order valence-electron chi connectivity index (χ0n) is 13.6. The minimum Gasteiger partial charge on any atom is -0.334 e. The van der Waals surface area contributed by atoms with Gasteiger partial charge in [0.05, 0.1) is 11.5 Å². The summed E-state index contributed by atoms with van der Waals surface area (Å²) in [6, 6.07) is 1.84. The highest BCUT2D eigenvalue weighted by atomic mass is 32.2. The molecule has 1 aromatic heterocycles. The molecule has 0 N–H and O–H groups in total. The van der Waals surface area contributed by atoms with Gasteiger partial charge in [-0.25, -0.2) is 13.4 Å². The number of carbonyl (C=O) groups excluding carboxylic acids is 1. The average molecular weight is 350 g/mol. The number of hydrogen-bond donors (Lipinski definition) is 0. The van der Waals surface area contributed by atoms with Gasteiger partial charge in [-0.2, -0.15) is 5.26 Å². The van der Waals surface area contributed by atoms with Gasteiger partial charge in [-0.1, -0.05) is 19.3 Å². The fourth-order valence-corrected chi connectivity index (χ4v) is 5.55. The maximum Gasteiger partial charge on any atom is 0.243 e. The topological polar surface area (TPSA) is 96.1 Å². The summed E-state index contributed by atoms with van der Waals surface area (Å²) in [6.45, 7) is 0.0376. The summed E-state index contributed by atoms with van der Waals surface area (Å²) in [6.07, 6.45) is 8.79. The number of nitriles is 1. The molecule has 3 rings (SSSR count). The van der Waals surface area contributed by atoms with Gasteiger partial charge in [-0.15, -0.1) is 0 Å². The van der Waals surface area contributed by atoms with Gasteiger partial charge in [0.15, 0.2) is 9.84 Å². The molecule has 24 heavy (non-hydrogen) atoms. The molecule has 2 heterocycles. The van der Waals surface area contributed by atoms with Crippen molar-refractivity contribution in [3.63, 3.8) is 0 Å². The number of rotatable bonds is 4. The number of amides is 1. The Labute approximate surface area is 142 Å². The molecular formula is C16H22N4O3S. The van der Waals surface area contributed by atoms with E-state index in [0.29, 0.717) is 6.42 Å². The zero-order valence-corrected chi connectivity index (χ0v) is 14.4. The molecule has 1 saturated carbocycles. The molecule has 1 atom stereocenters. The lowest BCUT2D eigenvalue weighted by molar-refractivity contribution is -0.137. The van der Waals surface area contributed by atoms with Crippen LogP contribution in [0.5, 0.6) is 0 Å². The molecule has 130 valence electrons. The van der Waals surface area contributed by atoms with Gasteiger partial charge in [0.2, 0.25) is 11.7 Å². The number of imidazole rings is 1. The van der Waals surface area contributed by atoms with Crippen molar-refractivity contribution in [2.24, 2.45) is 0 Å². The molecule has 2 fully saturated rings. The van der Waals surface area contributed by atoms with Crippen molar-refractivity contribution in [3.8, 4) is 6.07 Å². The molecule has 2 aliphatic rings. The van der Waals surface area contributed by atoms with Crippen LogP contribution in [0.4, 0.5) is 0 Å². The van der Waals surface area contributed by atoms with Crippen molar-refractivity contribution in [3.05, 3.63) is 18.2 Å². The SMILES string of the molecule is N#Cc1nccn1CC(=O)N(C1CCCCC1)C1CCS(=O)(=O)C1. The van der Waals surface area contributed by atoms with Gasteiger partial charge in [0, 0.05) is 24.5 Å². The fourth-order valence-electron chi connectivity index (χ4n) is 3.84. The highest BCUT2D eigenvalue weighted by Gasteiger charge is 2.38. The molecule has 8 heteroatoms. The summed E-state index contributed by atoms with van der Waals surface area (Å²) < 4.78 is 25.3. The Kier molecular flexibility index (Phi) is 4.90. The number of carbonyl (C=O) groups is 1. The van der Waals surface area contributed by atoms with Crippen LogP contribution in [0.3, 0.4) is 0 Å². The van der Waals surface area contributed by atoms with Gasteiger partial charge in [-0.05, 0) is 19.3 Å². The summed E-state index contributed by atoms with van der Waals surface area (Å²) in [4.78, 5) is 18.7. The Balaban J connectivity index is 1.81. The largest absolute Gasteiger partial charge is 0.334 e. The molecule has 0 spiro atoms. The number of aromatic nitrogens is 2. The normalized spacial score (nSPS) is 23.7. The Morgan fingerprint density at radius 3 is 2.67 bits per heavy atom. The van der Waals surface area contributed by atoms with Crippen LogP contribution in [0.2, 0.25) is 0 Å². The van der Waals surface area contributed by atoms with Crippen LogP contribution in [-0.4, -0.2) is 52.4 Å². The van der Waals surface area contributed by atoms with Crippen LogP contribution in [0.15, 0.2) is 12.4 Å². The standard InChI is InChI=1S/C16H22N4O3S/c17-10-15-18-7-8-19(15)11-16(21)20(13-4-2-1-3-5-13)14-6-9-24(22,23)12-14/h7-8,13-14H,1-6,9,11-12H2. The van der Waals surface area contributed by atoms with Crippen LogP contribution in [0.1, 0.15) is 44.3 Å². The third kappa shape index (κ3) is 3.61. The first kappa shape index (κ1) is 17.0. The zero-order chi connectivity index (χ0) is 17.2. The third-order valence-corrected chi connectivity index (χ3v) is 6.73. The van der Waals surface area contributed by atoms with Crippen LogP contribution in [0.25, 0.3) is 0 Å². The summed E-state index contributed by atoms with van der Waals surface area (Å²) in [5.41, 5.74) is 0. The Hall–Kier alpha value is -1.88. The van der Waals surface area contributed by atoms with Crippen LogP contribution in [-0.2, 0) is 21.2 Å². The molecule has 0 aromatic carbocycles. The van der Waals surface area contributed by atoms with Crippen LogP contribution in [0, 0.1) is 11.3 Å². The molecule has 1 aromatic rings. The van der Waals surface area contributed by atoms with Crippen LogP contribution >= 0.6 is 0 Å². The van der Waals surface area contributed by atoms with Gasteiger partial charge < -0.3 is 9.47 Å². The van der Waals surface area contributed by atoms with Gasteiger partial charge in [-0.3, -0.25) is 4.79 Å². The first-order valence-corrected chi connectivity index (χ1v) is 10.2. The van der Waals surface area contributed by atoms with E-state index >= 15 is 0 Å². The molecule has 1 amide bonds. The molecule has 0 radical (unpaired) electrons. The van der Waals surface area contributed by atoms with Gasteiger partial charge >= 0.3 is 0 Å². The first-order valence-electron chi connectivity index (χ1n) is 8.43. The third-order valence-electron chi connectivity index (χ3n) is 4.98. The molecule has 1 aliphatic carbocycles. The smallest absolute Gasteiger partial charge is 0.243 e. The summed E-state index contributed by atoms with van der Waals surface area (Å²) in [5, 5.41) is 9.05. The second-order valence-electron chi connectivity index (χ2n) is 6.64. The quantitative estimate of drug-likeness (QED) is 0.810. The van der Waals surface area contributed by atoms with Crippen molar-refractivity contribution in [2.45, 2.75) is 57.2 Å². The van der Waals surface area contributed by atoms with E-state index in [1.165, 1.54) is 17.2 Å². The van der Waals surface area contributed by atoms with E-state index in [9.17, 15) is 13.2 Å². The monoisotopic (exact) mass is 350 g/mol. The predicted octanol–water partition coefficient (Wildman–Crippen LogP) is 1.10. The molecule has 1 unspecified atom stereocenters. The van der Waals surface area contributed by atoms with E-state index in [-0.39, 0.29) is 41.9 Å². The van der Waals surface area contributed by atoms with Gasteiger partial charge in [0.25, 0.3) is 0 Å². The average Bonchev–Trinajstić information content (AvgIpc) is 3.14. The van der Waals surface area contributed by atoms with Crippen molar-refractivity contribution < 1.29 is 13.2 Å². The van der Waals surface area contributed by atoms with E-state index in [2.05, 4.69) is 4.98 Å². The van der Waals surface area contributed by atoms with Crippen LogP contribution < -0.4 is 0 Å². The summed E-state index contributed by atoms with van der Waals surface area (Å²) in [5.74, 6) is 0.303. The molecule has 1 aliphatic heterocycles. The molecule has 1 saturated heterocycles. The lowest BCUT2D eigenvalue weighted by atomic mass is 9.93. The maximum absolute atomic E-state index is 12.9. The molecule has 0 bridgehead atoms. The predicted molar refractivity (Wildman–Crippen MR) is 87.7 cm³/mol. The minimum atomic E-state index is -3.05. The van der Waals surface area contributed by atoms with Gasteiger partial charge in [0.1, 0.15) is 12.6 Å².